The molecule has 0 saturated carbocycles. The largest absolute Gasteiger partial charge is 0.308 e. The predicted molar refractivity (Wildman–Crippen MR) is 234 cm³/mol. The molecule has 0 unspecified atom stereocenters. The third kappa shape index (κ3) is 5.16. The van der Waals surface area contributed by atoms with E-state index in [0.29, 0.717) is 0 Å². The van der Waals surface area contributed by atoms with Gasteiger partial charge in [0, 0.05) is 21.5 Å². The van der Waals surface area contributed by atoms with Crippen LogP contribution in [0.25, 0.3) is 105 Å². The first kappa shape index (κ1) is 31.3. The SMILES string of the molecule is c1ccc(-c2ccc(-c3ccc(-c4cccc5c4c4cccc6c7c(-c8ccc(-c9ccc(-c%10ccccc%10)cc9)cc8)cccc7n5c46)cc3)cc2)cc1. The fourth-order valence-electron chi connectivity index (χ4n) is 8.71. The van der Waals surface area contributed by atoms with E-state index in [4.69, 9.17) is 0 Å². The van der Waals surface area contributed by atoms with E-state index in [-0.39, 0.29) is 0 Å². The standard InChI is InChI=1S/C54H35N/c1-3-10-36(11-4-1)38-20-24-40(25-21-38)42-28-32-44(33-29-42)46-14-8-18-50-52(46)48-16-7-17-49-53-47(15-9-19-51(53)55(50)54(48)49)45-34-30-43(31-35-45)41-26-22-39(23-27-41)37-12-5-2-6-13-37/h1-35H. The number of benzene rings is 9. The fraction of sp³-hybridized carbons (Fsp3) is 0. The average molecular weight is 698 g/mol. The summed E-state index contributed by atoms with van der Waals surface area (Å²) in [7, 11) is 0. The second-order valence-electron chi connectivity index (χ2n) is 14.5. The van der Waals surface area contributed by atoms with E-state index >= 15 is 0 Å². The highest BCUT2D eigenvalue weighted by Crippen LogP contribution is 2.45. The Labute approximate surface area is 320 Å². The molecule has 0 radical (unpaired) electrons. The van der Waals surface area contributed by atoms with Gasteiger partial charge in [0.25, 0.3) is 0 Å². The van der Waals surface area contributed by atoms with Crippen molar-refractivity contribution >= 4 is 38.1 Å². The molecule has 55 heavy (non-hydrogen) atoms. The summed E-state index contributed by atoms with van der Waals surface area (Å²) >= 11 is 0. The molecule has 0 N–H and O–H groups in total. The van der Waals surface area contributed by atoms with E-state index in [2.05, 4.69) is 217 Å². The van der Waals surface area contributed by atoms with Gasteiger partial charge in [0.05, 0.1) is 16.6 Å². The van der Waals surface area contributed by atoms with Crippen molar-refractivity contribution in [3.63, 3.8) is 0 Å². The van der Waals surface area contributed by atoms with Gasteiger partial charge in [-0.3, -0.25) is 0 Å². The molecule has 1 nitrogen and oxygen atoms in total. The lowest BCUT2D eigenvalue weighted by atomic mass is 9.94. The predicted octanol–water partition coefficient (Wildman–Crippen LogP) is 14.8. The van der Waals surface area contributed by atoms with Crippen LogP contribution in [0, 0.1) is 0 Å². The molecular formula is C54H35N. The summed E-state index contributed by atoms with van der Waals surface area (Å²) < 4.78 is 2.49. The second kappa shape index (κ2) is 12.7. The normalized spacial score (nSPS) is 11.6. The summed E-state index contributed by atoms with van der Waals surface area (Å²) in [6.45, 7) is 0. The number of nitrogens with zero attached hydrogens (tertiary/aromatic N) is 1. The molecule has 2 aromatic heterocycles. The maximum absolute atomic E-state index is 2.49. The van der Waals surface area contributed by atoms with Gasteiger partial charge < -0.3 is 4.40 Å². The lowest BCUT2D eigenvalue weighted by Gasteiger charge is -2.10. The second-order valence-corrected chi connectivity index (χ2v) is 14.5. The molecule has 0 amide bonds. The summed E-state index contributed by atoms with van der Waals surface area (Å²) in [6, 6.07) is 77.4. The van der Waals surface area contributed by atoms with Gasteiger partial charge in [-0.2, -0.15) is 0 Å². The molecule has 1 heteroatoms. The molecule has 2 heterocycles. The first-order valence-electron chi connectivity index (χ1n) is 19.0. The average Bonchev–Trinajstić information content (AvgIpc) is 3.80. The van der Waals surface area contributed by atoms with Crippen LogP contribution in [0.5, 0.6) is 0 Å². The van der Waals surface area contributed by atoms with Gasteiger partial charge >= 0.3 is 0 Å². The third-order valence-electron chi connectivity index (χ3n) is 11.4. The van der Waals surface area contributed by atoms with Crippen LogP contribution in [-0.2, 0) is 0 Å². The van der Waals surface area contributed by atoms with Crippen LogP contribution in [0.4, 0.5) is 0 Å². The molecule has 11 rings (SSSR count). The maximum Gasteiger partial charge on any atom is 0.0620 e. The smallest absolute Gasteiger partial charge is 0.0620 e. The van der Waals surface area contributed by atoms with E-state index < -0.39 is 0 Å². The minimum Gasteiger partial charge on any atom is -0.308 e. The molecule has 0 aliphatic carbocycles. The van der Waals surface area contributed by atoms with Gasteiger partial charge in [-0.1, -0.05) is 200 Å². The molecule has 0 spiro atoms. The van der Waals surface area contributed by atoms with Crippen LogP contribution in [0.2, 0.25) is 0 Å². The molecule has 0 aliphatic rings. The summed E-state index contributed by atoms with van der Waals surface area (Å²) in [6.07, 6.45) is 0. The summed E-state index contributed by atoms with van der Waals surface area (Å²) in [5, 5.41) is 5.19. The van der Waals surface area contributed by atoms with Crippen molar-refractivity contribution < 1.29 is 0 Å². The first-order valence-corrected chi connectivity index (χ1v) is 19.0. The molecular weight excluding hydrogens is 663 g/mol. The topological polar surface area (TPSA) is 4.41 Å². The van der Waals surface area contributed by atoms with Crippen LogP contribution in [0.1, 0.15) is 0 Å². The highest BCUT2D eigenvalue weighted by molar-refractivity contribution is 6.28. The lowest BCUT2D eigenvalue weighted by Crippen LogP contribution is -1.86. The van der Waals surface area contributed by atoms with E-state index in [1.165, 1.54) is 105 Å². The van der Waals surface area contributed by atoms with Crippen molar-refractivity contribution in [2.45, 2.75) is 0 Å². The van der Waals surface area contributed by atoms with Crippen molar-refractivity contribution in [1.29, 1.82) is 0 Å². The Morgan fingerprint density at radius 2 is 0.509 bits per heavy atom. The quantitative estimate of drug-likeness (QED) is 0.163. The van der Waals surface area contributed by atoms with E-state index in [1.54, 1.807) is 0 Å². The van der Waals surface area contributed by atoms with Crippen molar-refractivity contribution in [1.82, 2.24) is 4.40 Å². The minimum atomic E-state index is 1.22. The Hall–Kier alpha value is -7.22. The highest BCUT2D eigenvalue weighted by Gasteiger charge is 2.21. The third-order valence-corrected chi connectivity index (χ3v) is 11.4. The Bertz CT molecular complexity index is 2910. The van der Waals surface area contributed by atoms with Crippen molar-refractivity contribution in [3.8, 4) is 66.8 Å². The van der Waals surface area contributed by atoms with Crippen molar-refractivity contribution in [2.24, 2.45) is 0 Å². The Kier molecular flexibility index (Phi) is 7.25. The van der Waals surface area contributed by atoms with Gasteiger partial charge in [0.1, 0.15) is 0 Å². The molecule has 0 fully saturated rings. The molecule has 0 atom stereocenters. The Balaban J connectivity index is 0.960. The van der Waals surface area contributed by atoms with E-state index in [1.807, 2.05) is 0 Å². The van der Waals surface area contributed by atoms with Crippen LogP contribution >= 0.6 is 0 Å². The number of fused-ring (bicyclic) bond motifs is 6. The monoisotopic (exact) mass is 697 g/mol. The summed E-state index contributed by atoms with van der Waals surface area (Å²) in [5.41, 5.74) is 18.6. The zero-order valence-electron chi connectivity index (χ0n) is 30.2. The van der Waals surface area contributed by atoms with E-state index in [9.17, 15) is 0 Å². The van der Waals surface area contributed by atoms with Crippen LogP contribution in [0.15, 0.2) is 212 Å². The van der Waals surface area contributed by atoms with Crippen LogP contribution in [-0.4, -0.2) is 4.40 Å². The van der Waals surface area contributed by atoms with Crippen molar-refractivity contribution in [2.75, 3.05) is 0 Å². The number of rotatable bonds is 6. The van der Waals surface area contributed by atoms with Gasteiger partial charge in [-0.05, 0) is 78.9 Å². The molecule has 0 aliphatic heterocycles. The van der Waals surface area contributed by atoms with Crippen LogP contribution < -0.4 is 0 Å². The number of aromatic nitrogens is 1. The number of hydrogen-bond acceptors (Lipinski definition) is 0. The molecule has 0 bridgehead atoms. The first-order chi connectivity index (χ1) is 27.3. The number of para-hydroxylation sites is 1. The highest BCUT2D eigenvalue weighted by atomic mass is 14.9. The van der Waals surface area contributed by atoms with Gasteiger partial charge in [-0.15, -0.1) is 0 Å². The minimum absolute atomic E-state index is 1.22. The molecule has 256 valence electrons. The Morgan fingerprint density at radius 1 is 0.218 bits per heavy atom. The van der Waals surface area contributed by atoms with E-state index in [0.717, 1.165) is 0 Å². The van der Waals surface area contributed by atoms with Crippen molar-refractivity contribution in [3.05, 3.63) is 212 Å². The zero-order valence-corrected chi connectivity index (χ0v) is 30.2. The molecule has 11 aromatic rings. The van der Waals surface area contributed by atoms with Gasteiger partial charge in [0.2, 0.25) is 0 Å². The molecule has 9 aromatic carbocycles. The lowest BCUT2D eigenvalue weighted by molar-refractivity contribution is 1.37. The summed E-state index contributed by atoms with van der Waals surface area (Å²) in [5.74, 6) is 0. The number of hydrogen-bond donors (Lipinski definition) is 0. The fourth-order valence-corrected chi connectivity index (χ4v) is 8.71. The van der Waals surface area contributed by atoms with Crippen LogP contribution in [0.3, 0.4) is 0 Å². The summed E-state index contributed by atoms with van der Waals surface area (Å²) in [4.78, 5) is 0. The van der Waals surface area contributed by atoms with Gasteiger partial charge in [0.15, 0.2) is 0 Å². The zero-order chi connectivity index (χ0) is 36.3. The maximum atomic E-state index is 2.49. The Morgan fingerprint density at radius 3 is 0.855 bits per heavy atom. The van der Waals surface area contributed by atoms with Gasteiger partial charge in [-0.25, -0.2) is 0 Å². The molecule has 0 saturated heterocycles.